The Morgan fingerprint density at radius 1 is 1.04 bits per heavy atom. The Balaban J connectivity index is 2.19. The molecule has 2 atom stereocenters. The normalized spacial score (nSPS) is 13.9. The zero-order valence-corrected chi connectivity index (χ0v) is 16.3. The van der Waals surface area contributed by atoms with Crippen molar-refractivity contribution in [3.63, 3.8) is 0 Å². The van der Waals surface area contributed by atoms with Gasteiger partial charge in [0.1, 0.15) is 0 Å². The van der Waals surface area contributed by atoms with Gasteiger partial charge in [-0.25, -0.2) is 23.1 Å². The highest BCUT2D eigenvalue weighted by Crippen LogP contribution is 2.21. The fourth-order valence-electron chi connectivity index (χ4n) is 2.26. The van der Waals surface area contributed by atoms with Gasteiger partial charge >= 0.3 is 0 Å². The van der Waals surface area contributed by atoms with Crippen LogP contribution in [-0.2, 0) is 10.0 Å². The zero-order chi connectivity index (χ0) is 18.4. The van der Waals surface area contributed by atoms with Crippen LogP contribution in [0.15, 0.2) is 47.6 Å². The van der Waals surface area contributed by atoms with Crippen molar-refractivity contribution in [2.45, 2.75) is 29.5 Å². The molecule has 0 amide bonds. The van der Waals surface area contributed by atoms with Gasteiger partial charge in [0, 0.05) is 41.9 Å². The molecule has 0 spiro atoms. The molecule has 0 bridgehead atoms. The van der Waals surface area contributed by atoms with Gasteiger partial charge in [0.05, 0.1) is 4.90 Å². The Labute approximate surface area is 158 Å². The maximum atomic E-state index is 12.4. The van der Waals surface area contributed by atoms with E-state index in [0.717, 1.165) is 5.69 Å². The number of sulfonamides is 1. The van der Waals surface area contributed by atoms with Gasteiger partial charge in [-0.15, -0.1) is 23.2 Å². The first-order chi connectivity index (χ1) is 11.8. The fourth-order valence-corrected chi connectivity index (χ4v) is 3.55. The molecule has 9 heteroatoms. The van der Waals surface area contributed by atoms with Crippen molar-refractivity contribution < 1.29 is 8.42 Å². The van der Waals surface area contributed by atoms with E-state index >= 15 is 0 Å². The summed E-state index contributed by atoms with van der Waals surface area (Å²) < 4.78 is 27.1. The van der Waals surface area contributed by atoms with Crippen molar-refractivity contribution in [2.75, 3.05) is 22.7 Å². The maximum Gasteiger partial charge on any atom is 0.264 e. The molecule has 2 rings (SSSR count). The number of hydrogen-bond acceptors (Lipinski definition) is 5. The van der Waals surface area contributed by atoms with E-state index in [0.29, 0.717) is 13.1 Å². The van der Waals surface area contributed by atoms with Crippen LogP contribution < -0.4 is 9.62 Å². The van der Waals surface area contributed by atoms with E-state index in [-0.39, 0.29) is 21.6 Å². The molecule has 0 unspecified atom stereocenters. The van der Waals surface area contributed by atoms with Crippen molar-refractivity contribution in [3.8, 4) is 0 Å². The number of nitrogens with zero attached hydrogens (tertiary/aromatic N) is 3. The molecule has 0 saturated carbocycles. The molecule has 1 heterocycles. The van der Waals surface area contributed by atoms with Crippen LogP contribution in [0.4, 0.5) is 11.6 Å². The van der Waals surface area contributed by atoms with Crippen LogP contribution in [0.3, 0.4) is 0 Å². The smallest absolute Gasteiger partial charge is 0.264 e. The summed E-state index contributed by atoms with van der Waals surface area (Å²) in [5, 5.41) is -0.119. The number of nitrogens with one attached hydrogen (secondary N) is 1. The number of aromatic nitrogens is 2. The Hall–Kier alpha value is -1.57. The number of rotatable bonds is 8. The summed E-state index contributed by atoms with van der Waals surface area (Å²) >= 11 is 12.2. The van der Waals surface area contributed by atoms with Gasteiger partial charge in [0.2, 0.25) is 5.95 Å². The van der Waals surface area contributed by atoms with Crippen molar-refractivity contribution in [2.24, 2.45) is 0 Å². The average Bonchev–Trinajstić information content (AvgIpc) is 2.54. The monoisotopic (exact) mass is 402 g/mol. The van der Waals surface area contributed by atoms with Gasteiger partial charge in [-0.1, -0.05) is 0 Å². The third-order valence-electron chi connectivity index (χ3n) is 3.25. The van der Waals surface area contributed by atoms with E-state index in [2.05, 4.69) is 14.7 Å². The van der Waals surface area contributed by atoms with Crippen LogP contribution in [0.25, 0.3) is 0 Å². The summed E-state index contributed by atoms with van der Waals surface area (Å²) in [6, 6.07) is 8.14. The molecule has 1 aromatic heterocycles. The van der Waals surface area contributed by atoms with Gasteiger partial charge in [-0.2, -0.15) is 0 Å². The van der Waals surface area contributed by atoms with Crippen LogP contribution in [-0.4, -0.2) is 42.2 Å². The molecule has 2 aromatic rings. The van der Waals surface area contributed by atoms with Gasteiger partial charge in [0.15, 0.2) is 0 Å². The molecule has 25 heavy (non-hydrogen) atoms. The van der Waals surface area contributed by atoms with E-state index in [9.17, 15) is 8.42 Å². The van der Waals surface area contributed by atoms with Gasteiger partial charge in [0.25, 0.3) is 10.0 Å². The summed E-state index contributed by atoms with van der Waals surface area (Å²) in [4.78, 5) is 9.88. The topological polar surface area (TPSA) is 75.2 Å². The molecule has 0 aliphatic rings. The standard InChI is InChI=1S/C16H20Cl2N4O2S/c1-12(17)10-22(11-13(2)18)14-4-6-15(7-5-14)25(23,24)21-16-19-8-3-9-20-16/h3-9,12-13H,10-11H2,1-2H3,(H,19,20,21)/t12-,13-/m1/s1. The lowest BCUT2D eigenvalue weighted by Crippen LogP contribution is -2.33. The first-order valence-corrected chi connectivity index (χ1v) is 10.1. The number of hydrogen-bond donors (Lipinski definition) is 1. The number of benzene rings is 1. The number of halogens is 2. The maximum absolute atomic E-state index is 12.4. The predicted molar refractivity (Wildman–Crippen MR) is 102 cm³/mol. The third kappa shape index (κ3) is 6.02. The number of anilines is 2. The van der Waals surface area contributed by atoms with Gasteiger partial charge in [-0.3, -0.25) is 0 Å². The molecule has 0 radical (unpaired) electrons. The van der Waals surface area contributed by atoms with Gasteiger partial charge in [-0.05, 0) is 44.2 Å². The quantitative estimate of drug-likeness (QED) is 0.685. The van der Waals surface area contributed by atoms with Crippen LogP contribution >= 0.6 is 23.2 Å². The number of alkyl halides is 2. The minimum atomic E-state index is -3.75. The van der Waals surface area contributed by atoms with E-state index in [1.165, 1.54) is 24.5 Å². The Bertz CT molecular complexity index is 758. The lowest BCUT2D eigenvalue weighted by Gasteiger charge is -2.27. The molecule has 136 valence electrons. The Morgan fingerprint density at radius 2 is 1.56 bits per heavy atom. The first kappa shape index (κ1) is 19.8. The summed E-state index contributed by atoms with van der Waals surface area (Å²) in [5.41, 5.74) is 0.856. The van der Waals surface area contributed by atoms with E-state index in [1.54, 1.807) is 18.2 Å². The minimum Gasteiger partial charge on any atom is -0.369 e. The highest BCUT2D eigenvalue weighted by atomic mass is 35.5. The Kier molecular flexibility index (Phi) is 6.87. The second kappa shape index (κ2) is 8.69. The Morgan fingerprint density at radius 3 is 2.04 bits per heavy atom. The zero-order valence-electron chi connectivity index (χ0n) is 13.9. The van der Waals surface area contributed by atoms with Crippen LogP contribution in [0.1, 0.15) is 13.8 Å². The molecule has 0 fully saturated rings. The molecule has 0 aliphatic heterocycles. The highest BCUT2D eigenvalue weighted by Gasteiger charge is 2.17. The molecule has 1 N–H and O–H groups in total. The summed E-state index contributed by atoms with van der Waals surface area (Å²) in [6.45, 7) is 5.02. The summed E-state index contributed by atoms with van der Waals surface area (Å²) in [7, 11) is -3.75. The second-order valence-electron chi connectivity index (χ2n) is 5.64. The SMILES string of the molecule is C[C@@H](Cl)CN(C[C@@H](C)Cl)c1ccc(S(=O)(=O)Nc2ncccn2)cc1. The first-order valence-electron chi connectivity index (χ1n) is 7.71. The van der Waals surface area contributed by atoms with Crippen molar-refractivity contribution >= 4 is 44.9 Å². The van der Waals surface area contributed by atoms with Crippen LogP contribution in [0, 0.1) is 0 Å². The summed E-state index contributed by atoms with van der Waals surface area (Å²) in [6.07, 6.45) is 2.93. The van der Waals surface area contributed by atoms with Crippen molar-refractivity contribution in [1.29, 1.82) is 0 Å². The third-order valence-corrected chi connectivity index (χ3v) is 4.87. The van der Waals surface area contributed by atoms with Crippen LogP contribution in [0.5, 0.6) is 0 Å². The molecular formula is C16H20Cl2N4O2S. The van der Waals surface area contributed by atoms with E-state index in [1.807, 2.05) is 18.7 Å². The second-order valence-corrected chi connectivity index (χ2v) is 8.81. The lowest BCUT2D eigenvalue weighted by molar-refractivity contribution is 0.600. The minimum absolute atomic E-state index is 0.0279. The highest BCUT2D eigenvalue weighted by molar-refractivity contribution is 7.92. The molecule has 0 saturated heterocycles. The molecule has 6 nitrogen and oxygen atoms in total. The largest absolute Gasteiger partial charge is 0.369 e. The van der Waals surface area contributed by atoms with Crippen molar-refractivity contribution in [1.82, 2.24) is 9.97 Å². The average molecular weight is 403 g/mol. The lowest BCUT2D eigenvalue weighted by atomic mass is 10.2. The van der Waals surface area contributed by atoms with E-state index in [4.69, 9.17) is 23.2 Å². The fraction of sp³-hybridized carbons (Fsp3) is 0.375. The van der Waals surface area contributed by atoms with Crippen LogP contribution in [0.2, 0.25) is 0 Å². The van der Waals surface area contributed by atoms with E-state index < -0.39 is 10.0 Å². The molecular weight excluding hydrogens is 383 g/mol. The summed E-state index contributed by atoms with van der Waals surface area (Å²) in [5.74, 6) is 0.0279. The molecule has 0 aliphatic carbocycles. The predicted octanol–water partition coefficient (Wildman–Crippen LogP) is 3.34. The molecule has 1 aromatic carbocycles. The van der Waals surface area contributed by atoms with Crippen molar-refractivity contribution in [3.05, 3.63) is 42.7 Å². The van der Waals surface area contributed by atoms with Gasteiger partial charge < -0.3 is 4.90 Å².